The summed E-state index contributed by atoms with van der Waals surface area (Å²) in [6, 6.07) is 9.36. The Labute approximate surface area is 113 Å². The SMILES string of the molecule is O=C(O)c1ccc(-c2cccc(Cl)c2Cl)cc1O. The minimum atomic E-state index is -1.18. The van der Waals surface area contributed by atoms with Crippen LogP contribution in [0.25, 0.3) is 11.1 Å². The van der Waals surface area contributed by atoms with Crippen LogP contribution >= 0.6 is 23.2 Å². The smallest absolute Gasteiger partial charge is 0.339 e. The van der Waals surface area contributed by atoms with Crippen LogP contribution in [0.15, 0.2) is 36.4 Å². The van der Waals surface area contributed by atoms with Crippen molar-refractivity contribution < 1.29 is 15.0 Å². The van der Waals surface area contributed by atoms with E-state index in [0.717, 1.165) is 0 Å². The molecule has 0 unspecified atom stereocenters. The van der Waals surface area contributed by atoms with Gasteiger partial charge in [0.05, 0.1) is 10.0 Å². The average Bonchev–Trinajstić information content (AvgIpc) is 2.32. The first-order valence-corrected chi connectivity index (χ1v) is 5.77. The van der Waals surface area contributed by atoms with Crippen LogP contribution in [0.3, 0.4) is 0 Å². The van der Waals surface area contributed by atoms with E-state index in [4.69, 9.17) is 28.3 Å². The summed E-state index contributed by atoms with van der Waals surface area (Å²) in [6.45, 7) is 0. The molecule has 18 heavy (non-hydrogen) atoms. The molecule has 0 radical (unpaired) electrons. The average molecular weight is 283 g/mol. The van der Waals surface area contributed by atoms with Gasteiger partial charge >= 0.3 is 5.97 Å². The molecule has 0 atom stereocenters. The van der Waals surface area contributed by atoms with Crippen molar-refractivity contribution in [3.63, 3.8) is 0 Å². The van der Waals surface area contributed by atoms with E-state index in [-0.39, 0.29) is 11.3 Å². The minimum absolute atomic E-state index is 0.156. The fourth-order valence-electron chi connectivity index (χ4n) is 1.61. The van der Waals surface area contributed by atoms with Gasteiger partial charge in [-0.25, -0.2) is 4.79 Å². The van der Waals surface area contributed by atoms with E-state index in [1.807, 2.05) is 0 Å². The molecule has 0 aliphatic heterocycles. The Morgan fingerprint density at radius 1 is 1.11 bits per heavy atom. The number of aromatic hydroxyl groups is 1. The first-order chi connectivity index (χ1) is 8.50. The molecule has 0 fully saturated rings. The summed E-state index contributed by atoms with van der Waals surface area (Å²) in [6.07, 6.45) is 0. The van der Waals surface area contributed by atoms with Crippen molar-refractivity contribution in [2.45, 2.75) is 0 Å². The number of carbonyl (C=O) groups is 1. The Morgan fingerprint density at radius 2 is 1.83 bits per heavy atom. The van der Waals surface area contributed by atoms with Crippen LogP contribution < -0.4 is 0 Å². The van der Waals surface area contributed by atoms with Crippen molar-refractivity contribution in [2.24, 2.45) is 0 Å². The summed E-state index contributed by atoms with van der Waals surface area (Å²) in [4.78, 5) is 10.8. The summed E-state index contributed by atoms with van der Waals surface area (Å²) in [7, 11) is 0. The Bertz CT molecular complexity index is 624. The summed E-state index contributed by atoms with van der Waals surface area (Å²) >= 11 is 11.9. The number of rotatable bonds is 2. The molecular formula is C13H8Cl2O3. The number of aromatic carboxylic acids is 1. The lowest BCUT2D eigenvalue weighted by atomic mass is 10.0. The first-order valence-electron chi connectivity index (χ1n) is 5.01. The summed E-state index contributed by atoms with van der Waals surface area (Å²) in [5.41, 5.74) is 1.08. The van der Waals surface area contributed by atoms with Crippen molar-refractivity contribution in [3.8, 4) is 16.9 Å². The number of carboxylic acid groups (broad SMARTS) is 1. The fourth-order valence-corrected chi connectivity index (χ4v) is 2.02. The summed E-state index contributed by atoms with van der Waals surface area (Å²) < 4.78 is 0. The molecule has 5 heteroatoms. The number of benzene rings is 2. The van der Waals surface area contributed by atoms with E-state index in [9.17, 15) is 9.90 Å². The Morgan fingerprint density at radius 3 is 2.44 bits per heavy atom. The van der Waals surface area contributed by atoms with Crippen molar-refractivity contribution >= 4 is 29.2 Å². The van der Waals surface area contributed by atoms with Gasteiger partial charge in [0.1, 0.15) is 11.3 Å². The molecule has 2 N–H and O–H groups in total. The van der Waals surface area contributed by atoms with E-state index < -0.39 is 5.97 Å². The first kappa shape index (κ1) is 12.7. The quantitative estimate of drug-likeness (QED) is 0.873. The molecule has 0 amide bonds. The van der Waals surface area contributed by atoms with Crippen LogP contribution in [0, 0.1) is 0 Å². The molecule has 2 aromatic carbocycles. The zero-order valence-electron chi connectivity index (χ0n) is 9.02. The third-order valence-corrected chi connectivity index (χ3v) is 3.31. The maximum Gasteiger partial charge on any atom is 0.339 e. The normalized spacial score (nSPS) is 10.3. The molecule has 3 nitrogen and oxygen atoms in total. The molecular weight excluding hydrogens is 275 g/mol. The highest BCUT2D eigenvalue weighted by atomic mass is 35.5. The molecule has 0 aliphatic rings. The fraction of sp³-hybridized carbons (Fsp3) is 0. The standard InChI is InChI=1S/C13H8Cl2O3/c14-10-3-1-2-8(12(10)15)7-4-5-9(13(17)18)11(16)6-7/h1-6,16H,(H,17,18). The second-order valence-corrected chi connectivity index (χ2v) is 4.42. The Hall–Kier alpha value is -1.71. The van der Waals surface area contributed by atoms with Crippen molar-refractivity contribution in [2.75, 3.05) is 0 Å². The number of hydrogen-bond donors (Lipinski definition) is 2. The molecule has 0 heterocycles. The highest BCUT2D eigenvalue weighted by Gasteiger charge is 2.12. The van der Waals surface area contributed by atoms with Gasteiger partial charge in [-0.2, -0.15) is 0 Å². The molecule has 0 bridgehead atoms. The summed E-state index contributed by atoms with van der Waals surface area (Å²) in [5, 5.41) is 19.2. The van der Waals surface area contributed by atoms with Crippen LogP contribution in [0.2, 0.25) is 10.0 Å². The second kappa shape index (κ2) is 4.88. The van der Waals surface area contributed by atoms with Gasteiger partial charge < -0.3 is 10.2 Å². The lowest BCUT2D eigenvalue weighted by Gasteiger charge is -2.07. The van der Waals surface area contributed by atoms with Crippen LogP contribution in [-0.2, 0) is 0 Å². The minimum Gasteiger partial charge on any atom is -0.507 e. The Kier molecular flexibility index (Phi) is 3.45. The van der Waals surface area contributed by atoms with Crippen LogP contribution in [0.5, 0.6) is 5.75 Å². The molecule has 0 saturated heterocycles. The molecule has 2 rings (SSSR count). The van der Waals surface area contributed by atoms with Crippen LogP contribution in [0.1, 0.15) is 10.4 Å². The highest BCUT2D eigenvalue weighted by molar-refractivity contribution is 6.43. The maximum atomic E-state index is 10.8. The monoisotopic (exact) mass is 282 g/mol. The third-order valence-electron chi connectivity index (χ3n) is 2.49. The molecule has 0 aliphatic carbocycles. The van der Waals surface area contributed by atoms with Crippen LogP contribution in [-0.4, -0.2) is 16.2 Å². The van der Waals surface area contributed by atoms with Gasteiger partial charge in [0.2, 0.25) is 0 Å². The number of phenols is 1. The van der Waals surface area contributed by atoms with Gasteiger partial charge in [-0.15, -0.1) is 0 Å². The lowest BCUT2D eigenvalue weighted by Crippen LogP contribution is -1.96. The molecule has 0 saturated carbocycles. The molecule has 0 aromatic heterocycles. The van der Waals surface area contributed by atoms with Gasteiger partial charge in [-0.05, 0) is 23.8 Å². The molecule has 92 valence electrons. The van der Waals surface area contributed by atoms with Gasteiger partial charge in [0, 0.05) is 5.56 Å². The van der Waals surface area contributed by atoms with Crippen LogP contribution in [0.4, 0.5) is 0 Å². The molecule has 0 spiro atoms. The molecule has 2 aromatic rings. The van der Waals surface area contributed by atoms with Crippen molar-refractivity contribution in [1.29, 1.82) is 0 Å². The topological polar surface area (TPSA) is 57.5 Å². The summed E-state index contributed by atoms with van der Waals surface area (Å²) in [5.74, 6) is -1.49. The largest absolute Gasteiger partial charge is 0.507 e. The number of hydrogen-bond acceptors (Lipinski definition) is 2. The third kappa shape index (κ3) is 2.28. The second-order valence-electron chi connectivity index (χ2n) is 3.64. The maximum absolute atomic E-state index is 10.8. The number of carboxylic acids is 1. The van der Waals surface area contributed by atoms with Gasteiger partial charge in [-0.3, -0.25) is 0 Å². The van der Waals surface area contributed by atoms with E-state index in [2.05, 4.69) is 0 Å². The Balaban J connectivity index is 2.56. The zero-order valence-corrected chi connectivity index (χ0v) is 10.5. The van der Waals surface area contributed by atoms with E-state index in [1.165, 1.54) is 12.1 Å². The lowest BCUT2D eigenvalue weighted by molar-refractivity contribution is 0.0694. The van der Waals surface area contributed by atoms with Gasteiger partial charge in [-0.1, -0.05) is 41.4 Å². The van der Waals surface area contributed by atoms with Gasteiger partial charge in [0.15, 0.2) is 0 Å². The van der Waals surface area contributed by atoms with Crippen molar-refractivity contribution in [3.05, 3.63) is 52.0 Å². The zero-order chi connectivity index (χ0) is 13.3. The van der Waals surface area contributed by atoms with Gasteiger partial charge in [0.25, 0.3) is 0 Å². The van der Waals surface area contributed by atoms with E-state index in [1.54, 1.807) is 24.3 Å². The highest BCUT2D eigenvalue weighted by Crippen LogP contribution is 2.35. The number of halogens is 2. The predicted octanol–water partition coefficient (Wildman–Crippen LogP) is 4.06. The predicted molar refractivity (Wildman–Crippen MR) is 70.5 cm³/mol. The van der Waals surface area contributed by atoms with E-state index in [0.29, 0.717) is 21.2 Å². The van der Waals surface area contributed by atoms with E-state index >= 15 is 0 Å². The van der Waals surface area contributed by atoms with Crippen molar-refractivity contribution in [1.82, 2.24) is 0 Å².